The predicted octanol–water partition coefficient (Wildman–Crippen LogP) is 20.7. The first-order valence-corrected chi connectivity index (χ1v) is 35.1. The SMILES string of the molecule is CC/C=C\C/C=C\C/C=C\C/C=C\C/C=C\CCCCCCCCCCCCCCCC(=O)NC(COP(=O)([O-])OCC[N+](C)(C)C)C(O)/C=C/CC/C=C/CC/C=C/CCCCCCCCCCCCCCCCCCCCC. The molecule has 1 amide bonds. The van der Waals surface area contributed by atoms with Crippen LogP contribution in [0.5, 0.6) is 0 Å². The van der Waals surface area contributed by atoms with Crippen LogP contribution in [0.2, 0.25) is 0 Å². The maximum absolute atomic E-state index is 13.0. The van der Waals surface area contributed by atoms with Crippen LogP contribution in [0.3, 0.4) is 0 Å². The van der Waals surface area contributed by atoms with Crippen molar-refractivity contribution in [2.75, 3.05) is 40.9 Å². The van der Waals surface area contributed by atoms with Gasteiger partial charge in [-0.05, 0) is 89.9 Å². The first-order chi connectivity index (χ1) is 39.0. The van der Waals surface area contributed by atoms with Gasteiger partial charge in [0, 0.05) is 6.42 Å². The second kappa shape index (κ2) is 61.0. The molecule has 0 radical (unpaired) electrons. The maximum atomic E-state index is 13.0. The third kappa shape index (κ3) is 63.0. The van der Waals surface area contributed by atoms with E-state index in [4.69, 9.17) is 9.05 Å². The summed E-state index contributed by atoms with van der Waals surface area (Å²) in [5.74, 6) is -0.213. The number of amides is 1. The Balaban J connectivity index is 4.18. The number of quaternary nitrogens is 1. The van der Waals surface area contributed by atoms with E-state index in [2.05, 4.69) is 104 Å². The summed E-state index contributed by atoms with van der Waals surface area (Å²) in [5.41, 5.74) is 0. The van der Waals surface area contributed by atoms with Crippen LogP contribution in [0.25, 0.3) is 0 Å². The molecule has 0 aliphatic rings. The summed E-state index contributed by atoms with van der Waals surface area (Å²) < 4.78 is 23.4. The monoisotopic (exact) mass is 1140 g/mol. The van der Waals surface area contributed by atoms with Gasteiger partial charge >= 0.3 is 0 Å². The second-order valence-electron chi connectivity index (χ2n) is 23.8. The highest BCUT2D eigenvalue weighted by Crippen LogP contribution is 2.38. The number of nitrogens with zero attached hydrogens (tertiary/aromatic N) is 1. The normalized spacial score (nSPS) is 14.3. The van der Waals surface area contributed by atoms with E-state index in [0.29, 0.717) is 17.4 Å². The lowest BCUT2D eigenvalue weighted by molar-refractivity contribution is -0.870. The van der Waals surface area contributed by atoms with Crippen LogP contribution >= 0.6 is 7.82 Å². The highest BCUT2D eigenvalue weighted by Gasteiger charge is 2.23. The quantitative estimate of drug-likeness (QED) is 0.0272. The van der Waals surface area contributed by atoms with Gasteiger partial charge in [0.15, 0.2) is 0 Å². The van der Waals surface area contributed by atoms with E-state index >= 15 is 0 Å². The van der Waals surface area contributed by atoms with Gasteiger partial charge in [-0.25, -0.2) is 0 Å². The number of hydrogen-bond acceptors (Lipinski definition) is 6. The smallest absolute Gasteiger partial charge is 0.268 e. The van der Waals surface area contributed by atoms with Crippen LogP contribution in [-0.4, -0.2) is 68.5 Å². The van der Waals surface area contributed by atoms with Crippen molar-refractivity contribution >= 4 is 13.7 Å². The number of carbonyl (C=O) groups excluding carboxylic acids is 1. The lowest BCUT2D eigenvalue weighted by Crippen LogP contribution is -2.45. The number of unbranched alkanes of at least 4 members (excludes halogenated alkanes) is 34. The lowest BCUT2D eigenvalue weighted by Gasteiger charge is -2.29. The number of aliphatic hydroxyl groups excluding tert-OH is 1. The molecular weight excluding hydrogens is 1010 g/mol. The van der Waals surface area contributed by atoms with E-state index in [1.807, 2.05) is 27.2 Å². The highest BCUT2D eigenvalue weighted by atomic mass is 31.2. The highest BCUT2D eigenvalue weighted by molar-refractivity contribution is 7.45. The van der Waals surface area contributed by atoms with Crippen LogP contribution in [0.1, 0.15) is 296 Å². The summed E-state index contributed by atoms with van der Waals surface area (Å²) >= 11 is 0. The van der Waals surface area contributed by atoms with E-state index in [9.17, 15) is 19.4 Å². The minimum atomic E-state index is -4.62. The van der Waals surface area contributed by atoms with Gasteiger partial charge in [-0.2, -0.15) is 0 Å². The molecule has 0 aromatic heterocycles. The first kappa shape index (κ1) is 77.4. The van der Waals surface area contributed by atoms with Gasteiger partial charge < -0.3 is 28.8 Å². The molecule has 0 rings (SSSR count). The Labute approximate surface area is 496 Å². The fourth-order valence-corrected chi connectivity index (χ4v) is 10.3. The number of phosphoric ester groups is 1. The minimum Gasteiger partial charge on any atom is -0.756 e. The van der Waals surface area contributed by atoms with Gasteiger partial charge in [-0.15, -0.1) is 0 Å². The van der Waals surface area contributed by atoms with Crippen LogP contribution in [0, 0.1) is 0 Å². The third-order valence-electron chi connectivity index (χ3n) is 14.8. The summed E-state index contributed by atoms with van der Waals surface area (Å²) in [5, 5.41) is 13.9. The number of allylic oxidation sites excluding steroid dienone is 15. The van der Waals surface area contributed by atoms with Crippen molar-refractivity contribution in [1.29, 1.82) is 0 Å². The molecule has 0 aromatic carbocycles. The van der Waals surface area contributed by atoms with Crippen molar-refractivity contribution in [3.05, 3.63) is 97.2 Å². The van der Waals surface area contributed by atoms with Crippen molar-refractivity contribution < 1.29 is 32.9 Å². The van der Waals surface area contributed by atoms with Crippen LogP contribution < -0.4 is 10.2 Å². The number of carbonyl (C=O) groups is 1. The van der Waals surface area contributed by atoms with Crippen molar-refractivity contribution in [2.45, 2.75) is 309 Å². The number of likely N-dealkylation sites (N-methyl/N-ethyl adjacent to an activating group) is 1. The van der Waals surface area contributed by atoms with E-state index in [1.165, 1.54) is 199 Å². The molecule has 0 spiro atoms. The van der Waals surface area contributed by atoms with Crippen molar-refractivity contribution in [3.8, 4) is 0 Å². The fraction of sp³-hybridized carbons (Fsp3) is 0.761. The molecule has 464 valence electrons. The zero-order valence-electron chi connectivity index (χ0n) is 53.0. The number of hydrogen-bond donors (Lipinski definition) is 2. The average Bonchev–Trinajstić information content (AvgIpc) is 3.42. The van der Waals surface area contributed by atoms with Crippen molar-refractivity contribution in [2.24, 2.45) is 0 Å². The summed E-state index contributed by atoms with van der Waals surface area (Å²) in [6.07, 6.45) is 88.1. The molecule has 8 nitrogen and oxygen atoms in total. The Morgan fingerprint density at radius 1 is 0.450 bits per heavy atom. The molecule has 0 saturated heterocycles. The number of nitrogens with one attached hydrogen (secondary N) is 1. The number of rotatable bonds is 61. The summed E-state index contributed by atoms with van der Waals surface area (Å²) in [6.45, 7) is 4.53. The Morgan fingerprint density at radius 2 is 0.775 bits per heavy atom. The summed E-state index contributed by atoms with van der Waals surface area (Å²) in [6, 6.07) is -0.918. The Morgan fingerprint density at radius 3 is 1.16 bits per heavy atom. The molecule has 2 N–H and O–H groups in total. The molecule has 0 bridgehead atoms. The third-order valence-corrected chi connectivity index (χ3v) is 15.7. The molecule has 9 heteroatoms. The van der Waals surface area contributed by atoms with E-state index in [0.717, 1.165) is 77.0 Å². The topological polar surface area (TPSA) is 108 Å². The number of phosphoric acid groups is 1. The average molecular weight is 1140 g/mol. The number of aliphatic hydroxyl groups is 1. The molecule has 0 aliphatic heterocycles. The van der Waals surface area contributed by atoms with E-state index < -0.39 is 26.6 Å². The zero-order chi connectivity index (χ0) is 58.4. The van der Waals surface area contributed by atoms with Gasteiger partial charge in [-0.1, -0.05) is 297 Å². The standard InChI is InChI=1S/C71H129N2O6P/c1-6-8-10-12-14-16-18-20-22-24-26-28-30-32-34-36-38-40-42-44-46-48-50-52-54-56-58-60-62-64-70(74)69(68-79-80(76,77)78-67-66-73(3,4)5)72-71(75)65-63-61-59-57-55-53-51-49-47-45-43-41-39-37-35-33-31-29-27-25-23-21-19-17-15-13-11-9-7-2/h9,11,15,17,21,23,27,29,33,35,46,48,54,56,62,64,69-70,74H,6-8,10,12-14,16,18-20,22,24-26,28,30-32,34,36-45,47,49-53,55,57-61,63,65-68H2,1-5H3,(H-,72,75,76,77)/b11-9-,17-15-,23-21-,29-27-,35-33-,48-46+,56-54+,64-62+. The molecule has 0 saturated carbocycles. The largest absolute Gasteiger partial charge is 0.756 e. The van der Waals surface area contributed by atoms with Gasteiger partial charge in [0.25, 0.3) is 7.82 Å². The first-order valence-electron chi connectivity index (χ1n) is 33.6. The van der Waals surface area contributed by atoms with E-state index in [-0.39, 0.29) is 12.5 Å². The minimum absolute atomic E-state index is 0.0128. The van der Waals surface area contributed by atoms with Crippen LogP contribution in [0.4, 0.5) is 0 Å². The summed E-state index contributed by atoms with van der Waals surface area (Å²) in [4.78, 5) is 25.6. The Hall–Kier alpha value is -2.58. The molecule has 3 unspecified atom stereocenters. The van der Waals surface area contributed by atoms with Gasteiger partial charge in [0.1, 0.15) is 13.2 Å². The summed E-state index contributed by atoms with van der Waals surface area (Å²) in [7, 11) is 1.23. The Kier molecular flexibility index (Phi) is 59.0. The van der Waals surface area contributed by atoms with Crippen LogP contribution in [0.15, 0.2) is 97.2 Å². The molecule has 0 heterocycles. The molecule has 3 atom stereocenters. The lowest BCUT2D eigenvalue weighted by atomic mass is 10.0. The molecule has 0 aromatic rings. The second-order valence-corrected chi connectivity index (χ2v) is 25.2. The molecule has 0 fully saturated rings. The molecular formula is C71H129N2O6P. The van der Waals surface area contributed by atoms with Gasteiger partial charge in [0.2, 0.25) is 5.91 Å². The zero-order valence-corrected chi connectivity index (χ0v) is 53.9. The molecule has 0 aliphatic carbocycles. The van der Waals surface area contributed by atoms with Crippen molar-refractivity contribution in [1.82, 2.24) is 5.32 Å². The maximum Gasteiger partial charge on any atom is 0.268 e. The van der Waals surface area contributed by atoms with E-state index in [1.54, 1.807) is 6.08 Å². The Bertz CT molecular complexity index is 1620. The fourth-order valence-electron chi connectivity index (χ4n) is 9.57. The molecule has 80 heavy (non-hydrogen) atoms. The van der Waals surface area contributed by atoms with Crippen LogP contribution in [-0.2, 0) is 18.4 Å². The van der Waals surface area contributed by atoms with Gasteiger partial charge in [-0.3, -0.25) is 9.36 Å². The van der Waals surface area contributed by atoms with Gasteiger partial charge in [0.05, 0.1) is 39.9 Å². The predicted molar refractivity (Wildman–Crippen MR) is 348 cm³/mol. The van der Waals surface area contributed by atoms with Crippen molar-refractivity contribution in [3.63, 3.8) is 0 Å².